The van der Waals surface area contributed by atoms with Crippen LogP contribution in [0.5, 0.6) is 0 Å². The van der Waals surface area contributed by atoms with Gasteiger partial charge in [0.2, 0.25) is 0 Å². The summed E-state index contributed by atoms with van der Waals surface area (Å²) in [6.45, 7) is 0.230. The first kappa shape index (κ1) is 14.4. The number of sulfone groups is 1. The fourth-order valence-electron chi connectivity index (χ4n) is 2.63. The lowest BCUT2D eigenvalue weighted by atomic mass is 9.86. The summed E-state index contributed by atoms with van der Waals surface area (Å²) >= 11 is 0. The highest BCUT2D eigenvalue weighted by atomic mass is 32.2. The minimum Gasteiger partial charge on any atom is -0.330 e. The molecule has 0 aromatic heterocycles. The van der Waals surface area contributed by atoms with Crippen LogP contribution in [0.25, 0.3) is 0 Å². The van der Waals surface area contributed by atoms with Gasteiger partial charge in [-0.2, -0.15) is 0 Å². The average Bonchev–Trinajstić information content (AvgIpc) is 2.69. The molecule has 0 saturated carbocycles. The Bertz CT molecular complexity index is 540. The Morgan fingerprint density at radius 3 is 2.42 bits per heavy atom. The van der Waals surface area contributed by atoms with E-state index in [1.807, 2.05) is 0 Å². The minimum atomic E-state index is -3.01. The average molecular weight is 289 g/mol. The van der Waals surface area contributed by atoms with Crippen molar-refractivity contribution in [2.24, 2.45) is 17.6 Å². The lowest BCUT2D eigenvalue weighted by molar-refractivity contribution is 0.360. The largest absolute Gasteiger partial charge is 0.330 e. The summed E-state index contributed by atoms with van der Waals surface area (Å²) in [5, 5.41) is 0. The van der Waals surface area contributed by atoms with Crippen LogP contribution in [0.15, 0.2) is 18.2 Å². The lowest BCUT2D eigenvalue weighted by Gasteiger charge is -2.21. The molecule has 1 aromatic carbocycles. The summed E-state index contributed by atoms with van der Waals surface area (Å²) < 4.78 is 50.1. The highest BCUT2D eigenvalue weighted by molar-refractivity contribution is 7.91. The second kappa shape index (κ2) is 5.54. The number of rotatable bonds is 4. The quantitative estimate of drug-likeness (QED) is 0.914. The van der Waals surface area contributed by atoms with Crippen molar-refractivity contribution in [3.05, 3.63) is 35.4 Å². The van der Waals surface area contributed by atoms with E-state index in [2.05, 4.69) is 0 Å². The molecule has 0 aliphatic carbocycles. The van der Waals surface area contributed by atoms with Gasteiger partial charge in [-0.15, -0.1) is 0 Å². The maximum atomic E-state index is 13.6. The van der Waals surface area contributed by atoms with Gasteiger partial charge in [0.25, 0.3) is 0 Å². The third kappa shape index (κ3) is 3.30. The van der Waals surface area contributed by atoms with Gasteiger partial charge in [-0.25, -0.2) is 17.2 Å². The van der Waals surface area contributed by atoms with Gasteiger partial charge in [0, 0.05) is 5.56 Å². The SMILES string of the molecule is NCC(Cc1c(F)cccc1F)C1CCS(=O)(=O)C1. The van der Waals surface area contributed by atoms with Crippen LogP contribution in [0.4, 0.5) is 8.78 Å². The molecule has 1 aliphatic heterocycles. The summed E-state index contributed by atoms with van der Waals surface area (Å²) in [6.07, 6.45) is 0.676. The molecule has 2 atom stereocenters. The second-order valence-electron chi connectivity index (χ2n) is 5.06. The molecular weight excluding hydrogens is 272 g/mol. The van der Waals surface area contributed by atoms with Crippen LogP contribution in [-0.4, -0.2) is 26.5 Å². The van der Waals surface area contributed by atoms with Crippen molar-refractivity contribution in [2.75, 3.05) is 18.1 Å². The van der Waals surface area contributed by atoms with E-state index in [9.17, 15) is 17.2 Å². The Morgan fingerprint density at radius 1 is 1.32 bits per heavy atom. The van der Waals surface area contributed by atoms with E-state index in [0.29, 0.717) is 6.42 Å². The van der Waals surface area contributed by atoms with Gasteiger partial charge in [-0.3, -0.25) is 0 Å². The van der Waals surface area contributed by atoms with Crippen molar-refractivity contribution < 1.29 is 17.2 Å². The van der Waals surface area contributed by atoms with Gasteiger partial charge >= 0.3 is 0 Å². The summed E-state index contributed by atoms with van der Waals surface area (Å²) in [5.74, 6) is -1.28. The molecule has 1 fully saturated rings. The highest BCUT2D eigenvalue weighted by Gasteiger charge is 2.33. The molecule has 0 radical (unpaired) electrons. The molecular formula is C13H17F2NO2S. The van der Waals surface area contributed by atoms with E-state index >= 15 is 0 Å². The van der Waals surface area contributed by atoms with Crippen molar-refractivity contribution in [1.29, 1.82) is 0 Å². The monoisotopic (exact) mass is 289 g/mol. The summed E-state index contributed by atoms with van der Waals surface area (Å²) in [6, 6.07) is 3.72. The van der Waals surface area contributed by atoms with Gasteiger partial charge < -0.3 is 5.73 Å². The van der Waals surface area contributed by atoms with Crippen LogP contribution in [-0.2, 0) is 16.3 Å². The van der Waals surface area contributed by atoms with E-state index in [1.165, 1.54) is 18.2 Å². The first-order chi connectivity index (χ1) is 8.93. The topological polar surface area (TPSA) is 60.2 Å². The van der Waals surface area contributed by atoms with Crippen molar-refractivity contribution in [2.45, 2.75) is 12.8 Å². The molecule has 1 aromatic rings. The third-order valence-electron chi connectivity index (χ3n) is 3.77. The Labute approximate surface area is 111 Å². The van der Waals surface area contributed by atoms with Crippen molar-refractivity contribution in [1.82, 2.24) is 0 Å². The Kier molecular flexibility index (Phi) is 4.20. The molecule has 2 N–H and O–H groups in total. The van der Waals surface area contributed by atoms with Gasteiger partial charge in [-0.05, 0) is 43.4 Å². The molecule has 2 rings (SSSR count). The number of hydrogen-bond acceptors (Lipinski definition) is 3. The molecule has 19 heavy (non-hydrogen) atoms. The second-order valence-corrected chi connectivity index (χ2v) is 7.29. The number of nitrogens with two attached hydrogens (primary N) is 1. The van der Waals surface area contributed by atoms with Crippen molar-refractivity contribution >= 4 is 9.84 Å². The molecule has 106 valence electrons. The summed E-state index contributed by atoms with van der Waals surface area (Å²) in [7, 11) is -3.01. The van der Waals surface area contributed by atoms with Crippen LogP contribution in [0.2, 0.25) is 0 Å². The zero-order chi connectivity index (χ0) is 14.0. The fourth-order valence-corrected chi connectivity index (χ4v) is 4.55. The predicted octanol–water partition coefficient (Wildman–Crippen LogP) is 1.52. The summed E-state index contributed by atoms with van der Waals surface area (Å²) in [5.41, 5.74) is 5.65. The number of halogens is 2. The molecule has 3 nitrogen and oxygen atoms in total. The van der Waals surface area contributed by atoms with E-state index in [4.69, 9.17) is 5.73 Å². The number of hydrogen-bond donors (Lipinski definition) is 1. The fraction of sp³-hybridized carbons (Fsp3) is 0.538. The van der Waals surface area contributed by atoms with Gasteiger partial charge in [0.15, 0.2) is 9.84 Å². The Balaban J connectivity index is 2.16. The normalized spacial score (nSPS) is 23.4. The molecule has 2 unspecified atom stereocenters. The zero-order valence-electron chi connectivity index (χ0n) is 10.5. The van der Waals surface area contributed by atoms with E-state index in [1.54, 1.807) is 0 Å². The van der Waals surface area contributed by atoms with Crippen LogP contribution < -0.4 is 5.73 Å². The van der Waals surface area contributed by atoms with Crippen LogP contribution in [0, 0.1) is 23.5 Å². The molecule has 1 aliphatic rings. The Morgan fingerprint density at radius 2 is 1.95 bits per heavy atom. The maximum Gasteiger partial charge on any atom is 0.150 e. The van der Waals surface area contributed by atoms with Crippen molar-refractivity contribution in [3.63, 3.8) is 0 Å². The van der Waals surface area contributed by atoms with Crippen molar-refractivity contribution in [3.8, 4) is 0 Å². The molecule has 1 saturated heterocycles. The molecule has 0 bridgehead atoms. The smallest absolute Gasteiger partial charge is 0.150 e. The first-order valence-corrected chi connectivity index (χ1v) is 8.08. The Hall–Kier alpha value is -1.01. The van der Waals surface area contributed by atoms with E-state index in [-0.39, 0.29) is 41.9 Å². The maximum absolute atomic E-state index is 13.6. The third-order valence-corrected chi connectivity index (χ3v) is 5.56. The van der Waals surface area contributed by atoms with Gasteiger partial charge in [0.05, 0.1) is 11.5 Å². The standard InChI is InChI=1S/C13H17F2NO2S/c14-12-2-1-3-13(15)11(12)6-10(7-16)9-4-5-19(17,18)8-9/h1-3,9-10H,4-8,16H2. The number of benzene rings is 1. The van der Waals surface area contributed by atoms with E-state index in [0.717, 1.165) is 0 Å². The molecule has 6 heteroatoms. The van der Waals surface area contributed by atoms with Gasteiger partial charge in [0.1, 0.15) is 11.6 Å². The molecule has 0 spiro atoms. The minimum absolute atomic E-state index is 0.00208. The van der Waals surface area contributed by atoms with Crippen LogP contribution in [0.3, 0.4) is 0 Å². The summed E-state index contributed by atoms with van der Waals surface area (Å²) in [4.78, 5) is 0. The molecule has 0 amide bonds. The predicted molar refractivity (Wildman–Crippen MR) is 69.4 cm³/mol. The van der Waals surface area contributed by atoms with E-state index < -0.39 is 21.5 Å². The highest BCUT2D eigenvalue weighted by Crippen LogP contribution is 2.29. The molecule has 1 heterocycles. The van der Waals surface area contributed by atoms with Gasteiger partial charge in [-0.1, -0.05) is 6.07 Å². The first-order valence-electron chi connectivity index (χ1n) is 6.26. The zero-order valence-corrected chi connectivity index (χ0v) is 11.3. The lowest BCUT2D eigenvalue weighted by Crippen LogP contribution is -2.27. The van der Waals surface area contributed by atoms with Crippen LogP contribution >= 0.6 is 0 Å². The van der Waals surface area contributed by atoms with Crippen LogP contribution in [0.1, 0.15) is 12.0 Å².